The van der Waals surface area contributed by atoms with E-state index in [4.69, 9.17) is 0 Å². The van der Waals surface area contributed by atoms with E-state index in [0.717, 1.165) is 12.0 Å². The number of benzene rings is 2. The fourth-order valence-corrected chi connectivity index (χ4v) is 3.97. The molecule has 1 aliphatic rings. The number of hydrogen-bond donors (Lipinski definition) is 2. The lowest BCUT2D eigenvalue weighted by atomic mass is 9.85. The zero-order valence-electron chi connectivity index (χ0n) is 15.7. The molecule has 1 amide bonds. The summed E-state index contributed by atoms with van der Waals surface area (Å²) in [5.74, 6) is 0.527. The minimum atomic E-state index is -0.961. The fraction of sp³-hybridized carbons (Fsp3) is 0.409. The molecular formula is C22H27NO2. The van der Waals surface area contributed by atoms with Gasteiger partial charge in [-0.3, -0.25) is 0 Å². The normalized spacial score (nSPS) is 18.2. The summed E-state index contributed by atoms with van der Waals surface area (Å²) in [5.41, 5.74) is 7.23. The predicted octanol–water partition coefficient (Wildman–Crippen LogP) is 5.68. The van der Waals surface area contributed by atoms with Crippen LogP contribution in [0, 0.1) is 12.3 Å². The second-order valence-corrected chi connectivity index (χ2v) is 8.19. The summed E-state index contributed by atoms with van der Waals surface area (Å²) in [6.07, 6.45) is -0.0816. The lowest BCUT2D eigenvalue weighted by Gasteiger charge is -2.27. The number of fused-ring (bicyclic) bond motifs is 1. The highest BCUT2D eigenvalue weighted by Gasteiger charge is 2.40. The first-order chi connectivity index (χ1) is 11.7. The molecule has 2 aromatic rings. The standard InChI is InChI=1S/C22H27NO2/c1-13(2)15-6-8-16(9-7-15)18-11-17-12-22(4,5)20(23-21(24)25)19(17)10-14(18)3/h6-11,13,20,23H,12H2,1-5H3,(H,24,25)/t20-/m0/s1. The summed E-state index contributed by atoms with van der Waals surface area (Å²) in [6, 6.07) is 13.0. The van der Waals surface area contributed by atoms with E-state index in [2.05, 4.69) is 76.3 Å². The van der Waals surface area contributed by atoms with Crippen LogP contribution in [-0.4, -0.2) is 11.2 Å². The van der Waals surface area contributed by atoms with Gasteiger partial charge in [0.1, 0.15) is 0 Å². The van der Waals surface area contributed by atoms with Crippen molar-refractivity contribution >= 4 is 6.09 Å². The third-order valence-electron chi connectivity index (χ3n) is 5.38. The van der Waals surface area contributed by atoms with Gasteiger partial charge in [-0.2, -0.15) is 0 Å². The van der Waals surface area contributed by atoms with E-state index in [0.29, 0.717) is 5.92 Å². The Morgan fingerprint density at radius 1 is 1.20 bits per heavy atom. The van der Waals surface area contributed by atoms with Crippen LogP contribution < -0.4 is 5.32 Å². The summed E-state index contributed by atoms with van der Waals surface area (Å²) < 4.78 is 0. The first-order valence-electron chi connectivity index (χ1n) is 8.92. The third kappa shape index (κ3) is 3.28. The Labute approximate surface area is 150 Å². The molecule has 0 heterocycles. The van der Waals surface area contributed by atoms with Crippen molar-refractivity contribution in [3.63, 3.8) is 0 Å². The SMILES string of the molecule is Cc1cc2c(cc1-c1ccc(C(C)C)cc1)CC(C)(C)[C@H]2NC(=O)O. The van der Waals surface area contributed by atoms with Crippen LogP contribution in [0.15, 0.2) is 36.4 Å². The first kappa shape index (κ1) is 17.5. The number of carboxylic acid groups (broad SMARTS) is 1. The van der Waals surface area contributed by atoms with Crippen LogP contribution in [0.3, 0.4) is 0 Å². The number of carbonyl (C=O) groups is 1. The molecule has 0 aromatic heterocycles. The molecule has 0 saturated carbocycles. The van der Waals surface area contributed by atoms with E-state index in [1.54, 1.807) is 0 Å². The van der Waals surface area contributed by atoms with Gasteiger partial charge >= 0.3 is 6.09 Å². The van der Waals surface area contributed by atoms with Gasteiger partial charge in [-0.1, -0.05) is 64.1 Å². The molecule has 2 N–H and O–H groups in total. The highest BCUT2D eigenvalue weighted by Crippen LogP contribution is 2.47. The van der Waals surface area contributed by atoms with Crippen molar-refractivity contribution in [3.05, 3.63) is 58.7 Å². The van der Waals surface area contributed by atoms with Crippen LogP contribution in [0.2, 0.25) is 0 Å². The Morgan fingerprint density at radius 3 is 2.40 bits per heavy atom. The lowest BCUT2D eigenvalue weighted by Crippen LogP contribution is -2.34. The zero-order valence-corrected chi connectivity index (χ0v) is 15.7. The molecule has 0 radical (unpaired) electrons. The van der Waals surface area contributed by atoms with Crippen molar-refractivity contribution in [2.24, 2.45) is 5.41 Å². The second-order valence-electron chi connectivity index (χ2n) is 8.19. The predicted molar refractivity (Wildman–Crippen MR) is 102 cm³/mol. The molecule has 3 heteroatoms. The third-order valence-corrected chi connectivity index (χ3v) is 5.38. The maximum Gasteiger partial charge on any atom is 0.405 e. The molecule has 0 fully saturated rings. The van der Waals surface area contributed by atoms with Gasteiger partial charge in [0.05, 0.1) is 6.04 Å². The van der Waals surface area contributed by atoms with Crippen molar-refractivity contribution in [2.45, 2.75) is 53.0 Å². The van der Waals surface area contributed by atoms with Crippen molar-refractivity contribution in [1.29, 1.82) is 0 Å². The monoisotopic (exact) mass is 337 g/mol. The van der Waals surface area contributed by atoms with Crippen LogP contribution in [0.5, 0.6) is 0 Å². The number of nitrogens with one attached hydrogen (secondary N) is 1. The van der Waals surface area contributed by atoms with Gasteiger partial charge in [-0.15, -0.1) is 0 Å². The topological polar surface area (TPSA) is 49.3 Å². The molecule has 0 bridgehead atoms. The summed E-state index contributed by atoms with van der Waals surface area (Å²) in [7, 11) is 0. The van der Waals surface area contributed by atoms with Gasteiger partial charge in [0.25, 0.3) is 0 Å². The van der Waals surface area contributed by atoms with Crippen LogP contribution in [-0.2, 0) is 6.42 Å². The largest absolute Gasteiger partial charge is 0.465 e. The molecule has 1 aliphatic carbocycles. The lowest BCUT2D eigenvalue weighted by molar-refractivity contribution is 0.175. The van der Waals surface area contributed by atoms with Gasteiger partial charge in [0, 0.05) is 0 Å². The molecule has 25 heavy (non-hydrogen) atoms. The summed E-state index contributed by atoms with van der Waals surface area (Å²) in [5, 5.41) is 11.9. The molecule has 1 atom stereocenters. The highest BCUT2D eigenvalue weighted by atomic mass is 16.4. The molecular weight excluding hydrogens is 310 g/mol. The second kappa shape index (κ2) is 6.21. The molecule has 2 aromatic carbocycles. The van der Waals surface area contributed by atoms with Gasteiger partial charge < -0.3 is 10.4 Å². The number of hydrogen-bond acceptors (Lipinski definition) is 1. The van der Waals surface area contributed by atoms with Gasteiger partial charge in [0.2, 0.25) is 0 Å². The minimum Gasteiger partial charge on any atom is -0.465 e. The number of aryl methyl sites for hydroxylation is 1. The van der Waals surface area contributed by atoms with E-state index in [1.165, 1.54) is 27.8 Å². The van der Waals surface area contributed by atoms with E-state index >= 15 is 0 Å². The van der Waals surface area contributed by atoms with Crippen molar-refractivity contribution < 1.29 is 9.90 Å². The molecule has 132 valence electrons. The fourth-order valence-electron chi connectivity index (χ4n) is 3.97. The van der Waals surface area contributed by atoms with Crippen molar-refractivity contribution in [1.82, 2.24) is 5.32 Å². The average molecular weight is 337 g/mol. The van der Waals surface area contributed by atoms with E-state index in [1.807, 2.05) is 0 Å². The van der Waals surface area contributed by atoms with E-state index in [-0.39, 0.29) is 11.5 Å². The summed E-state index contributed by atoms with van der Waals surface area (Å²) in [6.45, 7) is 10.8. The van der Waals surface area contributed by atoms with Gasteiger partial charge in [0.15, 0.2) is 0 Å². The Hall–Kier alpha value is -2.29. The minimum absolute atomic E-state index is 0.118. The Bertz CT molecular complexity index is 804. The van der Waals surface area contributed by atoms with Crippen molar-refractivity contribution in [3.8, 4) is 11.1 Å². The molecule has 0 unspecified atom stereocenters. The van der Waals surface area contributed by atoms with Crippen LogP contribution >= 0.6 is 0 Å². The number of rotatable bonds is 3. The van der Waals surface area contributed by atoms with E-state index in [9.17, 15) is 9.90 Å². The van der Waals surface area contributed by atoms with Crippen LogP contribution in [0.1, 0.15) is 61.9 Å². The van der Waals surface area contributed by atoms with Crippen LogP contribution in [0.4, 0.5) is 4.79 Å². The maximum atomic E-state index is 11.2. The quantitative estimate of drug-likeness (QED) is 0.757. The van der Waals surface area contributed by atoms with Gasteiger partial charge in [-0.05, 0) is 58.1 Å². The maximum absolute atomic E-state index is 11.2. The van der Waals surface area contributed by atoms with E-state index < -0.39 is 6.09 Å². The Kier molecular flexibility index (Phi) is 4.36. The van der Waals surface area contributed by atoms with Gasteiger partial charge in [-0.25, -0.2) is 4.79 Å². The average Bonchev–Trinajstić information content (AvgIpc) is 2.76. The highest BCUT2D eigenvalue weighted by molar-refractivity contribution is 5.71. The smallest absolute Gasteiger partial charge is 0.405 e. The van der Waals surface area contributed by atoms with Crippen LogP contribution in [0.25, 0.3) is 11.1 Å². The molecule has 0 spiro atoms. The zero-order chi connectivity index (χ0) is 18.4. The Balaban J connectivity index is 2.02. The molecule has 0 aliphatic heterocycles. The Morgan fingerprint density at radius 2 is 1.84 bits per heavy atom. The molecule has 3 rings (SSSR count). The van der Waals surface area contributed by atoms with Crippen molar-refractivity contribution in [2.75, 3.05) is 0 Å². The molecule has 0 saturated heterocycles. The first-order valence-corrected chi connectivity index (χ1v) is 8.92. The summed E-state index contributed by atoms with van der Waals surface area (Å²) in [4.78, 5) is 11.2. The summed E-state index contributed by atoms with van der Waals surface area (Å²) >= 11 is 0. The molecule has 3 nitrogen and oxygen atoms in total. The number of amides is 1.